The molecule has 0 bridgehead atoms. The van der Waals surface area contributed by atoms with Gasteiger partial charge in [0.15, 0.2) is 5.65 Å². The molecule has 2 N–H and O–H groups in total. The minimum atomic E-state index is -0.361. The molecule has 2 aromatic heterocycles. The zero-order chi connectivity index (χ0) is 10.6. The molecule has 7 heteroatoms. The minimum Gasteiger partial charge on any atom is -0.303 e. The number of nitrogens with one attached hydrogen (secondary N) is 2. The fourth-order valence-corrected chi connectivity index (χ4v) is 0.782. The van der Waals surface area contributed by atoms with Crippen molar-refractivity contribution < 1.29 is 4.79 Å². The van der Waals surface area contributed by atoms with Crippen molar-refractivity contribution in [2.75, 3.05) is 0 Å². The highest BCUT2D eigenvalue weighted by molar-refractivity contribution is 6.62. The Labute approximate surface area is 83.3 Å². The highest BCUT2D eigenvalue weighted by atomic mass is 35.5. The number of halogens is 1. The normalized spacial score (nSPS) is 9.29. The first kappa shape index (κ1) is 10.4. The smallest absolute Gasteiger partial charge is 0.303 e. The van der Waals surface area contributed by atoms with Crippen LogP contribution in [0.15, 0.2) is 17.3 Å². The van der Waals surface area contributed by atoms with Crippen molar-refractivity contribution >= 4 is 28.0 Å². The Morgan fingerprint density at radius 1 is 1.50 bits per heavy atom. The molecule has 2 aromatic rings. The number of hydrogen-bond acceptors (Lipinski definition) is 4. The van der Waals surface area contributed by atoms with Gasteiger partial charge in [-0.2, -0.15) is 0 Å². The van der Waals surface area contributed by atoms with Crippen molar-refractivity contribution in [1.29, 1.82) is 0 Å². The summed E-state index contributed by atoms with van der Waals surface area (Å²) >= 11 is 4.64. The molecule has 0 aliphatic rings. The third-order valence-electron chi connectivity index (χ3n) is 1.19. The molecule has 2 heterocycles. The van der Waals surface area contributed by atoms with E-state index in [9.17, 15) is 9.59 Å². The van der Waals surface area contributed by atoms with Gasteiger partial charge in [-0.1, -0.05) is 0 Å². The van der Waals surface area contributed by atoms with Gasteiger partial charge in [0.1, 0.15) is 11.8 Å². The van der Waals surface area contributed by atoms with E-state index in [4.69, 9.17) is 0 Å². The summed E-state index contributed by atoms with van der Waals surface area (Å²) in [6.45, 7) is 1.29. The number of nitrogens with zero attached hydrogens (tertiary/aromatic N) is 2. The third-order valence-corrected chi connectivity index (χ3v) is 1.19. The number of rotatable bonds is 0. The van der Waals surface area contributed by atoms with E-state index in [1.807, 2.05) is 0 Å². The maximum atomic E-state index is 10.6. The Hall–Kier alpha value is -1.69. The lowest BCUT2D eigenvalue weighted by Gasteiger charge is -1.80. The topological polar surface area (TPSA) is 91.5 Å². The van der Waals surface area contributed by atoms with Gasteiger partial charge in [-0.25, -0.2) is 14.8 Å². The van der Waals surface area contributed by atoms with Crippen molar-refractivity contribution in [2.24, 2.45) is 0 Å². The van der Waals surface area contributed by atoms with Crippen LogP contribution < -0.4 is 5.69 Å². The second-order valence-electron chi connectivity index (χ2n) is 2.33. The van der Waals surface area contributed by atoms with Gasteiger partial charge in [-0.05, 0) is 11.6 Å². The summed E-state index contributed by atoms with van der Waals surface area (Å²) in [6.07, 6.45) is 2.92. The zero-order valence-corrected chi connectivity index (χ0v) is 8.00. The van der Waals surface area contributed by atoms with E-state index in [2.05, 4.69) is 31.5 Å². The molecule has 2 rings (SSSR count). The van der Waals surface area contributed by atoms with Gasteiger partial charge < -0.3 is 4.98 Å². The maximum absolute atomic E-state index is 10.6. The van der Waals surface area contributed by atoms with Crippen molar-refractivity contribution in [3.8, 4) is 0 Å². The fraction of sp³-hybridized carbons (Fsp3) is 0.143. The molecule has 0 aromatic carbocycles. The van der Waals surface area contributed by atoms with Crippen LogP contribution in [0, 0.1) is 0 Å². The van der Waals surface area contributed by atoms with Crippen LogP contribution in [0.1, 0.15) is 6.92 Å². The van der Waals surface area contributed by atoms with Crippen LogP contribution in [0.3, 0.4) is 0 Å². The Morgan fingerprint density at radius 3 is 2.71 bits per heavy atom. The number of aromatic amines is 2. The largest absolute Gasteiger partial charge is 0.325 e. The monoisotopic (exact) mass is 214 g/mol. The molecule has 0 radical (unpaired) electrons. The SMILES string of the molecule is CC(=O)Cl.O=c1[nH]c2cncnc2[nH]1. The molecule has 0 aliphatic carbocycles. The Kier molecular flexibility index (Phi) is 3.35. The van der Waals surface area contributed by atoms with Crippen LogP contribution in [0.5, 0.6) is 0 Å². The van der Waals surface area contributed by atoms with Crippen LogP contribution in [0.25, 0.3) is 11.2 Å². The number of carbonyl (C=O) groups excluding carboxylic acids is 1. The van der Waals surface area contributed by atoms with Crippen molar-refractivity contribution in [3.05, 3.63) is 23.0 Å². The third kappa shape index (κ3) is 2.98. The van der Waals surface area contributed by atoms with Crippen molar-refractivity contribution in [3.63, 3.8) is 0 Å². The van der Waals surface area contributed by atoms with E-state index in [1.165, 1.54) is 13.3 Å². The van der Waals surface area contributed by atoms with Crippen molar-refractivity contribution in [1.82, 2.24) is 19.9 Å². The quantitative estimate of drug-likeness (QED) is 0.622. The molecular formula is C7H7ClN4O2. The molecular weight excluding hydrogens is 208 g/mol. The number of H-pyrrole nitrogens is 2. The van der Waals surface area contributed by atoms with E-state index in [0.29, 0.717) is 11.2 Å². The first-order valence-corrected chi connectivity index (χ1v) is 4.01. The number of fused-ring (bicyclic) bond motifs is 1. The van der Waals surface area contributed by atoms with Gasteiger partial charge in [0.25, 0.3) is 0 Å². The lowest BCUT2D eigenvalue weighted by atomic mass is 10.6. The summed E-state index contributed by atoms with van der Waals surface area (Å²) in [7, 11) is 0. The van der Waals surface area contributed by atoms with E-state index in [-0.39, 0.29) is 10.9 Å². The van der Waals surface area contributed by atoms with Gasteiger partial charge in [-0.3, -0.25) is 9.78 Å². The van der Waals surface area contributed by atoms with Gasteiger partial charge >= 0.3 is 5.69 Å². The van der Waals surface area contributed by atoms with Gasteiger partial charge in [-0.15, -0.1) is 0 Å². The molecule has 0 spiro atoms. The van der Waals surface area contributed by atoms with Gasteiger partial charge in [0.05, 0.1) is 6.20 Å². The average Bonchev–Trinajstić information content (AvgIpc) is 2.42. The summed E-state index contributed by atoms with van der Waals surface area (Å²) < 4.78 is 0. The molecule has 0 saturated carbocycles. The summed E-state index contributed by atoms with van der Waals surface area (Å²) in [5.74, 6) is 0. The summed E-state index contributed by atoms with van der Waals surface area (Å²) in [4.78, 5) is 32.4. The molecule has 0 unspecified atom stereocenters. The molecule has 6 nitrogen and oxygen atoms in total. The van der Waals surface area contributed by atoms with E-state index in [1.54, 1.807) is 6.20 Å². The standard InChI is InChI=1S/C5H4N4O.C2H3ClO/c10-5-8-3-1-6-2-7-4(3)9-5;1-2(3)4/h1-2H,(H2,6,7,8,9,10);1H3. The summed E-state index contributed by atoms with van der Waals surface area (Å²) in [5.41, 5.74) is 0.919. The molecule has 0 saturated heterocycles. The zero-order valence-electron chi connectivity index (χ0n) is 7.24. The second-order valence-corrected chi connectivity index (χ2v) is 2.87. The number of imidazole rings is 1. The fourth-order valence-electron chi connectivity index (χ4n) is 0.782. The molecule has 74 valence electrons. The first-order chi connectivity index (χ1) is 6.59. The highest BCUT2D eigenvalue weighted by Gasteiger charge is 1.94. The Bertz CT molecular complexity index is 449. The number of carbonyl (C=O) groups is 1. The lowest BCUT2D eigenvalue weighted by molar-refractivity contribution is -0.109. The summed E-state index contributed by atoms with van der Waals surface area (Å²) in [6, 6.07) is 0. The van der Waals surface area contributed by atoms with Crippen LogP contribution in [-0.2, 0) is 4.79 Å². The molecule has 0 atom stereocenters. The summed E-state index contributed by atoms with van der Waals surface area (Å²) in [5, 5.41) is -0.361. The Balaban J connectivity index is 0.000000213. The number of hydrogen-bond donors (Lipinski definition) is 2. The second kappa shape index (κ2) is 4.52. The van der Waals surface area contributed by atoms with Crippen LogP contribution in [0.2, 0.25) is 0 Å². The molecule has 0 amide bonds. The van der Waals surface area contributed by atoms with E-state index in [0.717, 1.165) is 0 Å². The minimum absolute atomic E-state index is 0.254. The van der Waals surface area contributed by atoms with Crippen molar-refractivity contribution in [2.45, 2.75) is 6.92 Å². The average molecular weight is 215 g/mol. The van der Waals surface area contributed by atoms with Crippen LogP contribution in [-0.4, -0.2) is 25.2 Å². The molecule has 14 heavy (non-hydrogen) atoms. The number of aromatic nitrogens is 4. The maximum Gasteiger partial charge on any atom is 0.325 e. The molecule has 0 fully saturated rings. The highest BCUT2D eigenvalue weighted by Crippen LogP contribution is 1.96. The predicted octanol–water partition coefficient (Wildman–Crippen LogP) is 0.418. The predicted molar refractivity (Wildman–Crippen MR) is 51.0 cm³/mol. The van der Waals surface area contributed by atoms with Gasteiger partial charge in [0.2, 0.25) is 5.24 Å². The first-order valence-electron chi connectivity index (χ1n) is 3.63. The van der Waals surface area contributed by atoms with E-state index >= 15 is 0 Å². The van der Waals surface area contributed by atoms with E-state index < -0.39 is 0 Å². The lowest BCUT2D eigenvalue weighted by Crippen LogP contribution is -1.99. The van der Waals surface area contributed by atoms with Crippen LogP contribution >= 0.6 is 11.6 Å². The Morgan fingerprint density at radius 2 is 2.14 bits per heavy atom. The molecule has 0 aliphatic heterocycles. The van der Waals surface area contributed by atoms with Gasteiger partial charge in [0, 0.05) is 6.92 Å². The van der Waals surface area contributed by atoms with Crippen LogP contribution in [0.4, 0.5) is 0 Å².